The summed E-state index contributed by atoms with van der Waals surface area (Å²) in [7, 11) is 0. The van der Waals surface area contributed by atoms with E-state index in [9.17, 15) is 0 Å². The minimum atomic E-state index is -0.581. The summed E-state index contributed by atoms with van der Waals surface area (Å²) in [5.41, 5.74) is 1.01. The maximum atomic E-state index is 8.39. The summed E-state index contributed by atoms with van der Waals surface area (Å²) >= 11 is 11.3. The molecule has 1 aromatic rings. The first-order valence-electron chi connectivity index (χ1n) is 4.08. The maximum absolute atomic E-state index is 8.39. The van der Waals surface area contributed by atoms with Gasteiger partial charge in [-0.2, -0.15) is 5.26 Å². The molecule has 0 bridgehead atoms. The van der Waals surface area contributed by atoms with Crippen LogP contribution in [-0.4, -0.2) is 12.0 Å². The number of rotatable bonds is 4. The zero-order valence-electron chi connectivity index (χ0n) is 7.41. The van der Waals surface area contributed by atoms with Crippen LogP contribution in [0.4, 0.5) is 0 Å². The van der Waals surface area contributed by atoms with Crippen molar-refractivity contribution in [1.82, 2.24) is 0 Å². The van der Waals surface area contributed by atoms with Gasteiger partial charge in [-0.15, -0.1) is 11.6 Å². The van der Waals surface area contributed by atoms with E-state index in [1.54, 1.807) is 12.1 Å². The van der Waals surface area contributed by atoms with Crippen LogP contribution in [0, 0.1) is 11.3 Å². The lowest BCUT2D eigenvalue weighted by Crippen LogP contribution is -2.06. The molecular weight excluding hydrogens is 221 g/mol. The molecule has 1 unspecified atom stereocenters. The van der Waals surface area contributed by atoms with Crippen molar-refractivity contribution in [2.75, 3.05) is 6.61 Å². The summed E-state index contributed by atoms with van der Waals surface area (Å²) in [4.78, 5) is 0. The summed E-state index contributed by atoms with van der Waals surface area (Å²) in [5, 5.41) is 8.50. The molecule has 0 aliphatic carbocycles. The summed E-state index contributed by atoms with van der Waals surface area (Å²) in [6, 6.07) is 9.21. The minimum absolute atomic E-state index is 0.237. The summed E-state index contributed by atoms with van der Waals surface area (Å²) < 4.78 is 5.21. The van der Waals surface area contributed by atoms with Gasteiger partial charge in [-0.25, -0.2) is 0 Å². The second-order valence-electron chi connectivity index (χ2n) is 2.74. The van der Waals surface area contributed by atoms with E-state index in [1.807, 2.05) is 18.2 Å². The van der Waals surface area contributed by atoms with Crippen LogP contribution in [-0.2, 0) is 11.3 Å². The topological polar surface area (TPSA) is 33.0 Å². The van der Waals surface area contributed by atoms with Crippen molar-refractivity contribution >= 4 is 23.2 Å². The van der Waals surface area contributed by atoms with E-state index < -0.39 is 5.38 Å². The van der Waals surface area contributed by atoms with E-state index in [0.717, 1.165) is 5.56 Å². The molecule has 0 saturated carbocycles. The van der Waals surface area contributed by atoms with E-state index in [1.165, 1.54) is 0 Å². The molecule has 1 rings (SSSR count). The molecule has 0 saturated heterocycles. The van der Waals surface area contributed by atoms with Gasteiger partial charge >= 0.3 is 0 Å². The van der Waals surface area contributed by atoms with Crippen molar-refractivity contribution in [2.45, 2.75) is 12.0 Å². The zero-order valence-corrected chi connectivity index (χ0v) is 8.92. The maximum Gasteiger partial charge on any atom is 0.143 e. The minimum Gasteiger partial charge on any atom is -0.374 e. The molecule has 2 nitrogen and oxygen atoms in total. The van der Waals surface area contributed by atoms with E-state index >= 15 is 0 Å². The van der Waals surface area contributed by atoms with Crippen molar-refractivity contribution in [3.05, 3.63) is 34.9 Å². The monoisotopic (exact) mass is 229 g/mol. The number of alkyl halides is 1. The lowest BCUT2D eigenvalue weighted by atomic mass is 10.2. The number of halogens is 2. The fraction of sp³-hybridized carbons (Fsp3) is 0.300. The average molecular weight is 230 g/mol. The normalized spacial score (nSPS) is 12.1. The molecule has 0 N–H and O–H groups in total. The third kappa shape index (κ3) is 3.97. The Kier molecular flexibility index (Phi) is 4.75. The predicted octanol–water partition coefficient (Wildman–Crippen LogP) is 2.99. The summed E-state index contributed by atoms with van der Waals surface area (Å²) in [5.74, 6) is 0. The molecule has 0 aromatic heterocycles. The van der Waals surface area contributed by atoms with E-state index in [-0.39, 0.29) is 6.61 Å². The van der Waals surface area contributed by atoms with E-state index in [4.69, 9.17) is 33.2 Å². The standard InChI is InChI=1S/C10H9Cl2NO/c11-9-3-1-8(2-4-9)6-14-7-10(12)5-13/h1-4,10H,6-7H2. The van der Waals surface area contributed by atoms with Gasteiger partial charge in [-0.1, -0.05) is 23.7 Å². The predicted molar refractivity (Wildman–Crippen MR) is 56.4 cm³/mol. The fourth-order valence-electron chi connectivity index (χ4n) is 0.898. The Bertz CT molecular complexity index is 318. The van der Waals surface area contributed by atoms with Gasteiger partial charge < -0.3 is 4.74 Å². The van der Waals surface area contributed by atoms with Gasteiger partial charge in [0.15, 0.2) is 0 Å². The first-order valence-corrected chi connectivity index (χ1v) is 4.89. The Labute approximate surface area is 93.0 Å². The molecule has 4 heteroatoms. The van der Waals surface area contributed by atoms with Gasteiger partial charge in [0.1, 0.15) is 5.38 Å². The van der Waals surface area contributed by atoms with Crippen LogP contribution in [0.1, 0.15) is 5.56 Å². The molecule has 0 aliphatic rings. The van der Waals surface area contributed by atoms with Crippen LogP contribution in [0.15, 0.2) is 24.3 Å². The summed E-state index contributed by atoms with van der Waals surface area (Å²) in [6.07, 6.45) is 0. The van der Waals surface area contributed by atoms with Crippen molar-refractivity contribution < 1.29 is 4.74 Å². The van der Waals surface area contributed by atoms with Gasteiger partial charge in [-0.05, 0) is 17.7 Å². The molecular formula is C10H9Cl2NO. The quantitative estimate of drug-likeness (QED) is 0.745. The Morgan fingerprint density at radius 3 is 2.57 bits per heavy atom. The Morgan fingerprint density at radius 1 is 1.36 bits per heavy atom. The largest absolute Gasteiger partial charge is 0.374 e. The van der Waals surface area contributed by atoms with Crippen LogP contribution in [0.25, 0.3) is 0 Å². The smallest absolute Gasteiger partial charge is 0.143 e. The molecule has 74 valence electrons. The number of nitriles is 1. The molecule has 0 amide bonds. The van der Waals surface area contributed by atoms with Crippen molar-refractivity contribution in [3.63, 3.8) is 0 Å². The molecule has 1 atom stereocenters. The Hall–Kier alpha value is -0.750. The number of nitrogens with zero attached hydrogens (tertiary/aromatic N) is 1. The Balaban J connectivity index is 2.32. The van der Waals surface area contributed by atoms with Crippen LogP contribution >= 0.6 is 23.2 Å². The number of benzene rings is 1. The highest BCUT2D eigenvalue weighted by Gasteiger charge is 2.01. The van der Waals surface area contributed by atoms with Gasteiger partial charge in [0.2, 0.25) is 0 Å². The van der Waals surface area contributed by atoms with Gasteiger partial charge in [0, 0.05) is 5.02 Å². The van der Waals surface area contributed by atoms with E-state index in [2.05, 4.69) is 0 Å². The third-order valence-corrected chi connectivity index (χ3v) is 2.06. The third-order valence-electron chi connectivity index (χ3n) is 1.59. The molecule has 0 fully saturated rings. The lowest BCUT2D eigenvalue weighted by Gasteiger charge is -2.04. The highest BCUT2D eigenvalue weighted by Crippen LogP contribution is 2.10. The molecule has 0 radical (unpaired) electrons. The lowest BCUT2D eigenvalue weighted by molar-refractivity contribution is 0.128. The molecule has 0 heterocycles. The summed E-state index contributed by atoms with van der Waals surface area (Å²) in [6.45, 7) is 0.683. The fourth-order valence-corrected chi connectivity index (χ4v) is 1.11. The van der Waals surface area contributed by atoms with Crippen LogP contribution in [0.5, 0.6) is 0 Å². The number of hydrogen-bond donors (Lipinski definition) is 0. The molecule has 1 aromatic carbocycles. The van der Waals surface area contributed by atoms with Crippen LogP contribution in [0.3, 0.4) is 0 Å². The highest BCUT2D eigenvalue weighted by molar-refractivity contribution is 6.30. The molecule has 0 spiro atoms. The second-order valence-corrected chi connectivity index (χ2v) is 3.70. The number of ether oxygens (including phenoxy) is 1. The average Bonchev–Trinajstić information content (AvgIpc) is 2.21. The van der Waals surface area contributed by atoms with Crippen molar-refractivity contribution in [3.8, 4) is 6.07 Å². The second kappa shape index (κ2) is 5.87. The zero-order chi connectivity index (χ0) is 10.4. The van der Waals surface area contributed by atoms with Gasteiger partial charge in [0.25, 0.3) is 0 Å². The molecule has 14 heavy (non-hydrogen) atoms. The first kappa shape index (κ1) is 11.3. The molecule has 0 aliphatic heterocycles. The van der Waals surface area contributed by atoms with Crippen LogP contribution in [0.2, 0.25) is 5.02 Å². The first-order chi connectivity index (χ1) is 6.72. The van der Waals surface area contributed by atoms with Gasteiger partial charge in [0.05, 0.1) is 19.3 Å². The SMILES string of the molecule is N#CC(Cl)COCc1ccc(Cl)cc1. The number of hydrogen-bond acceptors (Lipinski definition) is 2. The Morgan fingerprint density at radius 2 is 2.00 bits per heavy atom. The van der Waals surface area contributed by atoms with E-state index in [0.29, 0.717) is 11.6 Å². The highest BCUT2D eigenvalue weighted by atomic mass is 35.5. The van der Waals surface area contributed by atoms with Crippen molar-refractivity contribution in [1.29, 1.82) is 5.26 Å². The van der Waals surface area contributed by atoms with Crippen LogP contribution < -0.4 is 0 Å². The van der Waals surface area contributed by atoms with Crippen molar-refractivity contribution in [2.24, 2.45) is 0 Å². The van der Waals surface area contributed by atoms with Gasteiger partial charge in [-0.3, -0.25) is 0 Å².